The third kappa shape index (κ3) is 2.03. The second-order valence-electron chi connectivity index (χ2n) is 4.87. The Morgan fingerprint density at radius 2 is 2.10 bits per heavy atom. The van der Waals surface area contributed by atoms with Gasteiger partial charge in [0.05, 0.1) is 5.69 Å². The summed E-state index contributed by atoms with van der Waals surface area (Å²) in [5, 5.41) is 4.52. The molecule has 1 aromatic heterocycles. The standard InChI is InChI=1S/C16H16N2O2/c1-3-7-13-15-14(19)10-11(2)20-16(15)18(17-13)12-8-5-4-6-9-12/h3-9,11H,10H2,1-2H3/b7-3+/t11-/m0/s1. The monoisotopic (exact) mass is 268 g/mol. The van der Waals surface area contributed by atoms with E-state index < -0.39 is 0 Å². The second-order valence-corrected chi connectivity index (χ2v) is 4.87. The zero-order chi connectivity index (χ0) is 14.1. The Hall–Kier alpha value is -2.36. The summed E-state index contributed by atoms with van der Waals surface area (Å²) in [6.07, 6.45) is 4.00. The molecule has 0 bridgehead atoms. The van der Waals surface area contributed by atoms with Crippen molar-refractivity contribution in [2.75, 3.05) is 0 Å². The number of Topliss-reactive ketones (excluding diaryl/α,β-unsaturated/α-hetero) is 1. The van der Waals surface area contributed by atoms with Crippen molar-refractivity contribution in [3.8, 4) is 11.6 Å². The zero-order valence-electron chi connectivity index (χ0n) is 11.5. The lowest BCUT2D eigenvalue weighted by molar-refractivity contribution is 0.0861. The summed E-state index contributed by atoms with van der Waals surface area (Å²) in [5.74, 6) is 0.641. The predicted molar refractivity (Wildman–Crippen MR) is 77.3 cm³/mol. The highest BCUT2D eigenvalue weighted by Crippen LogP contribution is 2.33. The summed E-state index contributed by atoms with van der Waals surface area (Å²) in [6, 6.07) is 9.71. The van der Waals surface area contributed by atoms with Crippen molar-refractivity contribution in [3.63, 3.8) is 0 Å². The normalized spacial score (nSPS) is 18.1. The molecule has 0 spiro atoms. The van der Waals surface area contributed by atoms with Crippen LogP contribution in [0, 0.1) is 0 Å². The van der Waals surface area contributed by atoms with Crippen molar-refractivity contribution in [2.24, 2.45) is 0 Å². The van der Waals surface area contributed by atoms with Crippen molar-refractivity contribution in [2.45, 2.75) is 26.4 Å². The fourth-order valence-electron chi connectivity index (χ4n) is 2.40. The van der Waals surface area contributed by atoms with Gasteiger partial charge in [0.1, 0.15) is 17.4 Å². The average molecular weight is 268 g/mol. The van der Waals surface area contributed by atoms with E-state index in [2.05, 4.69) is 5.10 Å². The number of hydrogen-bond acceptors (Lipinski definition) is 3. The highest BCUT2D eigenvalue weighted by Gasteiger charge is 2.31. The van der Waals surface area contributed by atoms with Crippen molar-refractivity contribution in [1.82, 2.24) is 9.78 Å². The third-order valence-electron chi connectivity index (χ3n) is 3.26. The molecule has 0 saturated carbocycles. The number of nitrogens with zero attached hydrogens (tertiary/aromatic N) is 2. The molecule has 4 heteroatoms. The van der Waals surface area contributed by atoms with Gasteiger partial charge in [0, 0.05) is 6.42 Å². The number of carbonyl (C=O) groups is 1. The molecule has 0 fully saturated rings. The molecule has 20 heavy (non-hydrogen) atoms. The number of carbonyl (C=O) groups excluding carboxylic acids is 1. The number of aromatic nitrogens is 2. The van der Waals surface area contributed by atoms with Gasteiger partial charge >= 0.3 is 0 Å². The van der Waals surface area contributed by atoms with E-state index in [0.717, 1.165) is 5.69 Å². The Bertz CT molecular complexity index is 671. The van der Waals surface area contributed by atoms with Crippen molar-refractivity contribution < 1.29 is 9.53 Å². The molecular formula is C16H16N2O2. The summed E-state index contributed by atoms with van der Waals surface area (Å²) >= 11 is 0. The fourth-order valence-corrected chi connectivity index (χ4v) is 2.40. The Balaban J connectivity index is 2.22. The van der Waals surface area contributed by atoms with Gasteiger partial charge in [0.2, 0.25) is 5.88 Å². The summed E-state index contributed by atoms with van der Waals surface area (Å²) < 4.78 is 7.57. The largest absolute Gasteiger partial charge is 0.474 e. The van der Waals surface area contributed by atoms with Gasteiger partial charge in [-0.2, -0.15) is 9.78 Å². The summed E-state index contributed by atoms with van der Waals surface area (Å²) in [7, 11) is 0. The van der Waals surface area contributed by atoms with Gasteiger partial charge in [0.15, 0.2) is 5.78 Å². The molecule has 1 aliphatic heterocycles. The molecule has 0 unspecified atom stereocenters. The first-order valence-corrected chi connectivity index (χ1v) is 6.71. The van der Waals surface area contributed by atoms with Crippen molar-refractivity contribution >= 4 is 11.9 Å². The minimum absolute atomic E-state index is 0.0917. The quantitative estimate of drug-likeness (QED) is 0.839. The topological polar surface area (TPSA) is 44.1 Å². The first-order valence-electron chi connectivity index (χ1n) is 6.71. The maximum absolute atomic E-state index is 12.3. The summed E-state index contributed by atoms with van der Waals surface area (Å²) in [5.41, 5.74) is 2.15. The number of rotatable bonds is 2. The summed E-state index contributed by atoms with van der Waals surface area (Å²) in [6.45, 7) is 3.81. The second kappa shape index (κ2) is 4.96. The molecule has 2 heterocycles. The Morgan fingerprint density at radius 3 is 2.80 bits per heavy atom. The van der Waals surface area contributed by atoms with Gasteiger partial charge in [-0.05, 0) is 32.1 Å². The molecular weight excluding hydrogens is 252 g/mol. The van der Waals surface area contributed by atoms with Gasteiger partial charge in [-0.3, -0.25) is 4.79 Å². The molecule has 3 rings (SSSR count). The van der Waals surface area contributed by atoms with E-state index in [1.165, 1.54) is 0 Å². The van der Waals surface area contributed by atoms with Crippen LogP contribution in [0.15, 0.2) is 36.4 Å². The van der Waals surface area contributed by atoms with Crippen LogP contribution >= 0.6 is 0 Å². The first kappa shape index (κ1) is 12.7. The summed E-state index contributed by atoms with van der Waals surface area (Å²) in [4.78, 5) is 12.3. The molecule has 0 amide bonds. The minimum Gasteiger partial charge on any atom is -0.474 e. The molecule has 2 aromatic rings. The third-order valence-corrected chi connectivity index (χ3v) is 3.26. The van der Waals surface area contributed by atoms with Crippen LogP contribution in [-0.4, -0.2) is 21.7 Å². The van der Waals surface area contributed by atoms with E-state index in [0.29, 0.717) is 23.6 Å². The number of hydrogen-bond donors (Lipinski definition) is 0. The van der Waals surface area contributed by atoms with E-state index in [-0.39, 0.29) is 11.9 Å². The number of ketones is 1. The van der Waals surface area contributed by atoms with Crippen molar-refractivity contribution in [1.29, 1.82) is 0 Å². The van der Waals surface area contributed by atoms with E-state index in [1.807, 2.05) is 56.3 Å². The lowest BCUT2D eigenvalue weighted by Crippen LogP contribution is -2.25. The Kier molecular flexibility index (Phi) is 3.14. The Labute approximate surface area is 117 Å². The van der Waals surface area contributed by atoms with E-state index >= 15 is 0 Å². The molecule has 0 N–H and O–H groups in total. The molecule has 1 atom stereocenters. The number of ether oxygens (including phenoxy) is 1. The van der Waals surface area contributed by atoms with Crippen LogP contribution in [0.25, 0.3) is 11.8 Å². The molecule has 0 aliphatic carbocycles. The highest BCUT2D eigenvalue weighted by atomic mass is 16.5. The molecule has 0 saturated heterocycles. The van der Waals surface area contributed by atoms with Crippen LogP contribution in [0.3, 0.4) is 0 Å². The van der Waals surface area contributed by atoms with Gasteiger partial charge in [-0.15, -0.1) is 0 Å². The van der Waals surface area contributed by atoms with Gasteiger partial charge in [-0.25, -0.2) is 0 Å². The smallest absolute Gasteiger partial charge is 0.228 e. The first-order chi connectivity index (χ1) is 9.70. The lowest BCUT2D eigenvalue weighted by Gasteiger charge is -2.20. The van der Waals surface area contributed by atoms with E-state index in [4.69, 9.17) is 4.74 Å². The van der Waals surface area contributed by atoms with Gasteiger partial charge in [0.25, 0.3) is 0 Å². The maximum atomic E-state index is 12.3. The fraction of sp³-hybridized carbons (Fsp3) is 0.250. The maximum Gasteiger partial charge on any atom is 0.228 e. The molecule has 1 aromatic carbocycles. The molecule has 102 valence electrons. The highest BCUT2D eigenvalue weighted by molar-refractivity contribution is 6.02. The van der Waals surface area contributed by atoms with E-state index in [9.17, 15) is 4.79 Å². The number of fused-ring (bicyclic) bond motifs is 1. The Morgan fingerprint density at radius 1 is 1.35 bits per heavy atom. The van der Waals surface area contributed by atoms with Crippen molar-refractivity contribution in [3.05, 3.63) is 47.7 Å². The van der Waals surface area contributed by atoms with Gasteiger partial charge < -0.3 is 4.74 Å². The zero-order valence-corrected chi connectivity index (χ0v) is 11.5. The van der Waals surface area contributed by atoms with Crippen LogP contribution in [-0.2, 0) is 0 Å². The number of para-hydroxylation sites is 1. The average Bonchev–Trinajstić information content (AvgIpc) is 2.79. The van der Waals surface area contributed by atoms with E-state index in [1.54, 1.807) is 4.68 Å². The van der Waals surface area contributed by atoms with Crippen LogP contribution in [0.1, 0.15) is 36.3 Å². The predicted octanol–water partition coefficient (Wildman–Crippen LogP) is 3.26. The molecule has 0 radical (unpaired) electrons. The number of benzene rings is 1. The van der Waals surface area contributed by atoms with Crippen LogP contribution in [0.5, 0.6) is 5.88 Å². The SMILES string of the molecule is C/C=C/c1nn(-c2ccccc2)c2c1C(=O)C[C@H](C)O2. The lowest BCUT2D eigenvalue weighted by atomic mass is 10.0. The van der Waals surface area contributed by atoms with Crippen LogP contribution in [0.2, 0.25) is 0 Å². The van der Waals surface area contributed by atoms with Crippen LogP contribution in [0.4, 0.5) is 0 Å². The van der Waals surface area contributed by atoms with Gasteiger partial charge in [-0.1, -0.05) is 24.3 Å². The van der Waals surface area contributed by atoms with Crippen LogP contribution < -0.4 is 4.74 Å². The minimum atomic E-state index is -0.118. The molecule has 4 nitrogen and oxygen atoms in total. The molecule has 1 aliphatic rings. The number of allylic oxidation sites excluding steroid dienone is 1.